The van der Waals surface area contributed by atoms with E-state index in [0.717, 1.165) is 5.56 Å². The number of benzene rings is 3. The number of carbonyl (C=O) groups is 4. The second kappa shape index (κ2) is 15.4. The molecule has 4 amide bonds. The standard InChI is InChI=1S/C32H35FN4O7/c1-37-17-19-44-28-5-3-2-4-25(28)30(40)36-26(31(41)34-16-18-43-24-12-8-22(33)9-13-24)14-15-29(39)35-27(32(37)42)20-21-6-10-23(38)11-7-21/h2-13,26-27,38H,14-20H2,1H3,(H,34,41)(H,35,39)(H,36,40)/t26-,27-/m0/s1. The number of para-hydroxylation sites is 1. The molecule has 12 heteroatoms. The number of amides is 4. The van der Waals surface area contributed by atoms with E-state index in [0.29, 0.717) is 5.75 Å². The normalized spacial score (nSPS) is 18.0. The molecule has 44 heavy (non-hydrogen) atoms. The van der Waals surface area contributed by atoms with E-state index in [4.69, 9.17) is 9.47 Å². The van der Waals surface area contributed by atoms with Gasteiger partial charge < -0.3 is 35.4 Å². The summed E-state index contributed by atoms with van der Waals surface area (Å²) in [5, 5.41) is 17.8. The highest BCUT2D eigenvalue weighted by molar-refractivity contribution is 5.99. The summed E-state index contributed by atoms with van der Waals surface area (Å²) in [7, 11) is 1.60. The molecule has 1 aliphatic heterocycles. The van der Waals surface area contributed by atoms with Crippen LogP contribution >= 0.6 is 0 Å². The molecule has 0 aromatic heterocycles. The summed E-state index contributed by atoms with van der Waals surface area (Å²) < 4.78 is 24.5. The zero-order chi connectivity index (χ0) is 31.5. The minimum atomic E-state index is -1.09. The molecular weight excluding hydrogens is 571 g/mol. The summed E-state index contributed by atoms with van der Waals surface area (Å²) in [5.74, 6) is -1.53. The van der Waals surface area contributed by atoms with Crippen molar-refractivity contribution in [1.82, 2.24) is 20.9 Å². The van der Waals surface area contributed by atoms with Crippen LogP contribution in [0.25, 0.3) is 0 Å². The van der Waals surface area contributed by atoms with E-state index in [9.17, 15) is 28.7 Å². The summed E-state index contributed by atoms with van der Waals surface area (Å²) in [5.41, 5.74) is 0.925. The van der Waals surface area contributed by atoms with Crippen LogP contribution in [-0.2, 0) is 20.8 Å². The predicted octanol–water partition coefficient (Wildman–Crippen LogP) is 2.18. The molecule has 0 saturated heterocycles. The Bertz CT molecular complexity index is 1450. The zero-order valence-electron chi connectivity index (χ0n) is 24.3. The van der Waals surface area contributed by atoms with Crippen molar-refractivity contribution in [3.8, 4) is 17.2 Å². The fourth-order valence-electron chi connectivity index (χ4n) is 4.56. The van der Waals surface area contributed by atoms with Crippen molar-refractivity contribution in [2.45, 2.75) is 31.3 Å². The largest absolute Gasteiger partial charge is 0.508 e. The molecule has 4 N–H and O–H groups in total. The van der Waals surface area contributed by atoms with Gasteiger partial charge in [-0.25, -0.2) is 4.39 Å². The lowest BCUT2D eigenvalue weighted by atomic mass is 10.0. The summed E-state index contributed by atoms with van der Waals surface area (Å²) >= 11 is 0. The lowest BCUT2D eigenvalue weighted by molar-refractivity contribution is -0.135. The average molecular weight is 607 g/mol. The number of rotatable bonds is 7. The smallest absolute Gasteiger partial charge is 0.255 e. The molecule has 3 aromatic rings. The Kier molecular flexibility index (Phi) is 11.1. The summed E-state index contributed by atoms with van der Waals surface area (Å²) in [6, 6.07) is 16.3. The molecule has 0 saturated carbocycles. The first-order chi connectivity index (χ1) is 21.2. The number of aromatic hydroxyl groups is 1. The number of ether oxygens (including phenoxy) is 2. The van der Waals surface area contributed by atoms with Crippen LogP contribution < -0.4 is 25.4 Å². The van der Waals surface area contributed by atoms with Crippen LogP contribution in [0.1, 0.15) is 28.8 Å². The third-order valence-corrected chi connectivity index (χ3v) is 6.97. The van der Waals surface area contributed by atoms with Crippen molar-refractivity contribution in [3.05, 3.63) is 89.7 Å². The van der Waals surface area contributed by atoms with Gasteiger partial charge in [0, 0.05) is 19.9 Å². The SMILES string of the molecule is CN1CCOc2ccccc2C(=O)N[C@H](C(=O)NCCOc2ccc(F)cc2)CCC(=O)N[C@@H](Cc2ccc(O)cc2)C1=O. The van der Waals surface area contributed by atoms with Gasteiger partial charge in [0.15, 0.2) is 0 Å². The molecule has 2 atom stereocenters. The first-order valence-corrected chi connectivity index (χ1v) is 14.2. The van der Waals surface area contributed by atoms with Crippen molar-refractivity contribution in [1.29, 1.82) is 0 Å². The van der Waals surface area contributed by atoms with E-state index >= 15 is 0 Å². The lowest BCUT2D eigenvalue weighted by Crippen LogP contribution is -2.50. The van der Waals surface area contributed by atoms with Crippen LogP contribution in [0.4, 0.5) is 4.39 Å². The van der Waals surface area contributed by atoms with Gasteiger partial charge in [-0.3, -0.25) is 19.2 Å². The maximum atomic E-state index is 13.4. The van der Waals surface area contributed by atoms with Gasteiger partial charge in [0.05, 0.1) is 18.7 Å². The van der Waals surface area contributed by atoms with Crippen molar-refractivity contribution in [2.24, 2.45) is 0 Å². The van der Waals surface area contributed by atoms with E-state index in [1.807, 2.05) is 0 Å². The highest BCUT2D eigenvalue weighted by Gasteiger charge is 2.28. The van der Waals surface area contributed by atoms with E-state index in [1.165, 1.54) is 41.3 Å². The number of carbonyl (C=O) groups excluding carboxylic acids is 4. The van der Waals surface area contributed by atoms with E-state index < -0.39 is 35.6 Å². The van der Waals surface area contributed by atoms with Crippen LogP contribution in [0.2, 0.25) is 0 Å². The van der Waals surface area contributed by atoms with Gasteiger partial charge in [-0.2, -0.15) is 0 Å². The first-order valence-electron chi connectivity index (χ1n) is 14.2. The monoisotopic (exact) mass is 606 g/mol. The van der Waals surface area contributed by atoms with Crippen LogP contribution in [-0.4, -0.2) is 79.1 Å². The van der Waals surface area contributed by atoms with Gasteiger partial charge in [-0.05, 0) is 60.5 Å². The van der Waals surface area contributed by atoms with Crippen molar-refractivity contribution < 1.29 is 38.1 Å². The number of phenolic OH excluding ortho intramolecular Hbond substituents is 1. The highest BCUT2D eigenvalue weighted by atomic mass is 19.1. The Labute approximate surface area is 254 Å². The van der Waals surface area contributed by atoms with Gasteiger partial charge >= 0.3 is 0 Å². The molecule has 1 heterocycles. The molecule has 0 spiro atoms. The Hall–Kier alpha value is -5.13. The Morgan fingerprint density at radius 3 is 2.52 bits per heavy atom. The molecule has 0 unspecified atom stereocenters. The molecule has 11 nitrogen and oxygen atoms in total. The summed E-state index contributed by atoms with van der Waals surface area (Å²) in [4.78, 5) is 54.3. The second-order valence-corrected chi connectivity index (χ2v) is 10.3. The van der Waals surface area contributed by atoms with Gasteiger partial charge in [-0.15, -0.1) is 0 Å². The van der Waals surface area contributed by atoms with Gasteiger partial charge in [-0.1, -0.05) is 24.3 Å². The average Bonchev–Trinajstić information content (AvgIpc) is 3.02. The minimum absolute atomic E-state index is 0.0544. The van der Waals surface area contributed by atoms with Gasteiger partial charge in [0.2, 0.25) is 17.7 Å². The number of phenols is 1. The number of halogens is 1. The Morgan fingerprint density at radius 1 is 1.05 bits per heavy atom. The fourth-order valence-corrected chi connectivity index (χ4v) is 4.56. The molecule has 232 valence electrons. The number of nitrogens with one attached hydrogen (secondary N) is 3. The highest BCUT2D eigenvalue weighted by Crippen LogP contribution is 2.19. The predicted molar refractivity (Wildman–Crippen MR) is 159 cm³/mol. The molecular formula is C32H35FN4O7. The number of likely N-dealkylation sites (N-methyl/N-ethyl adjacent to an activating group) is 1. The number of hydrogen-bond donors (Lipinski definition) is 4. The van der Waals surface area contributed by atoms with Gasteiger partial charge in [0.25, 0.3) is 5.91 Å². The quantitative estimate of drug-likeness (QED) is 0.302. The van der Waals surface area contributed by atoms with Crippen LogP contribution in [0, 0.1) is 5.82 Å². The minimum Gasteiger partial charge on any atom is -0.508 e. The summed E-state index contributed by atoms with van der Waals surface area (Å²) in [6.07, 6.45) is -0.0412. The third kappa shape index (κ3) is 9.18. The maximum Gasteiger partial charge on any atom is 0.255 e. The van der Waals surface area contributed by atoms with E-state index in [2.05, 4.69) is 16.0 Å². The summed E-state index contributed by atoms with van der Waals surface area (Å²) in [6.45, 7) is 0.430. The molecule has 1 aliphatic rings. The second-order valence-electron chi connectivity index (χ2n) is 10.3. The molecule has 3 aromatic carbocycles. The third-order valence-electron chi connectivity index (χ3n) is 6.97. The van der Waals surface area contributed by atoms with Gasteiger partial charge in [0.1, 0.15) is 48.4 Å². The van der Waals surface area contributed by atoms with Crippen LogP contribution in [0.5, 0.6) is 17.2 Å². The maximum absolute atomic E-state index is 13.4. The fraction of sp³-hybridized carbons (Fsp3) is 0.312. The van der Waals surface area contributed by atoms with Crippen LogP contribution in [0.15, 0.2) is 72.8 Å². The first kappa shape index (κ1) is 31.8. The van der Waals surface area contributed by atoms with E-state index in [1.54, 1.807) is 43.4 Å². The number of nitrogens with zero attached hydrogens (tertiary/aromatic N) is 1. The molecule has 4 rings (SSSR count). The number of hydrogen-bond acceptors (Lipinski definition) is 7. The Morgan fingerprint density at radius 2 is 1.77 bits per heavy atom. The number of fused-ring (bicyclic) bond motifs is 1. The van der Waals surface area contributed by atoms with Crippen molar-refractivity contribution >= 4 is 23.6 Å². The topological polar surface area (TPSA) is 146 Å². The molecule has 0 aliphatic carbocycles. The van der Waals surface area contributed by atoms with E-state index in [-0.39, 0.29) is 68.5 Å². The lowest BCUT2D eigenvalue weighted by Gasteiger charge is -2.25. The van der Waals surface area contributed by atoms with Crippen molar-refractivity contribution in [3.63, 3.8) is 0 Å². The molecule has 0 radical (unpaired) electrons. The van der Waals surface area contributed by atoms with Crippen molar-refractivity contribution in [2.75, 3.05) is 33.4 Å². The zero-order valence-corrected chi connectivity index (χ0v) is 24.3. The molecule has 0 bridgehead atoms. The van der Waals surface area contributed by atoms with Crippen LogP contribution in [0.3, 0.4) is 0 Å². The molecule has 0 fully saturated rings. The Balaban J connectivity index is 1.49.